The summed E-state index contributed by atoms with van der Waals surface area (Å²) in [5, 5.41) is 1.80. The van der Waals surface area contributed by atoms with E-state index in [2.05, 4.69) is 32.9 Å². The van der Waals surface area contributed by atoms with Gasteiger partial charge in [-0.1, -0.05) is 51.1 Å². The van der Waals surface area contributed by atoms with Gasteiger partial charge in [-0.25, -0.2) is 9.59 Å². The Morgan fingerprint density at radius 1 is 1.00 bits per heavy atom. The quantitative estimate of drug-likeness (QED) is 0.441. The van der Waals surface area contributed by atoms with Gasteiger partial charge in [-0.15, -0.1) is 0 Å². The number of primary amides is 1. The van der Waals surface area contributed by atoms with Crippen LogP contribution in [0, 0.1) is 0 Å². The minimum atomic E-state index is -1.01. The molecule has 0 aliphatic heterocycles. The molecule has 0 aromatic heterocycles. The summed E-state index contributed by atoms with van der Waals surface area (Å²) in [6.07, 6.45) is 2.69. The molecule has 2 rings (SSSR count). The zero-order chi connectivity index (χ0) is 24.4. The van der Waals surface area contributed by atoms with Crippen molar-refractivity contribution in [2.24, 2.45) is 5.73 Å². The number of ether oxygens (including phenoxy) is 3. The maximum absolute atomic E-state index is 11.8. The largest absolute Gasteiger partial charge is 0.490 e. The fourth-order valence-electron chi connectivity index (χ4n) is 2.80. The lowest BCUT2D eigenvalue weighted by molar-refractivity contribution is -0.143. The lowest BCUT2D eigenvalue weighted by atomic mass is 9.87. The molecular formula is C25H30N2O6. The molecule has 0 atom stereocenters. The van der Waals surface area contributed by atoms with Gasteiger partial charge in [0.15, 0.2) is 18.1 Å². The SMILES string of the molecule is CCOc1cc(/C=C/C(=O)OCC(=O)NC(N)=O)ccc1OCc1ccc(C(C)(C)C)cc1. The highest BCUT2D eigenvalue weighted by molar-refractivity contribution is 5.95. The summed E-state index contributed by atoms with van der Waals surface area (Å²) in [5.74, 6) is -0.427. The van der Waals surface area contributed by atoms with Crippen molar-refractivity contribution in [1.82, 2.24) is 5.32 Å². The van der Waals surface area contributed by atoms with Crippen LogP contribution in [0.3, 0.4) is 0 Å². The molecule has 0 unspecified atom stereocenters. The van der Waals surface area contributed by atoms with E-state index in [1.54, 1.807) is 23.5 Å². The summed E-state index contributed by atoms with van der Waals surface area (Å²) in [4.78, 5) is 33.6. The first-order valence-corrected chi connectivity index (χ1v) is 10.5. The lowest BCUT2D eigenvalue weighted by Crippen LogP contribution is -2.37. The van der Waals surface area contributed by atoms with Crippen molar-refractivity contribution in [2.75, 3.05) is 13.2 Å². The smallest absolute Gasteiger partial charge is 0.331 e. The average molecular weight is 455 g/mol. The standard InChI is InChI=1S/C25H30N2O6/c1-5-31-21-14-17(9-13-23(29)33-16-22(28)27-24(26)30)8-12-20(21)32-15-18-6-10-19(11-7-18)25(2,3)4/h6-14H,5,15-16H2,1-4H3,(H3,26,27,28,30)/b13-9+. The molecular weight excluding hydrogens is 424 g/mol. The number of hydrogen-bond acceptors (Lipinski definition) is 6. The number of nitrogens with two attached hydrogens (primary N) is 1. The molecule has 0 heterocycles. The van der Waals surface area contributed by atoms with Gasteiger partial charge in [-0.05, 0) is 47.2 Å². The Balaban J connectivity index is 2.00. The average Bonchev–Trinajstić information content (AvgIpc) is 2.75. The Kier molecular flexibility index (Phi) is 9.03. The number of esters is 1. The fourth-order valence-corrected chi connectivity index (χ4v) is 2.80. The Labute approximate surface area is 193 Å². The molecule has 33 heavy (non-hydrogen) atoms. The monoisotopic (exact) mass is 454 g/mol. The number of carbonyl (C=O) groups is 3. The maximum Gasteiger partial charge on any atom is 0.331 e. The Morgan fingerprint density at radius 3 is 2.30 bits per heavy atom. The summed E-state index contributed by atoms with van der Waals surface area (Å²) < 4.78 is 16.4. The molecule has 0 fully saturated rings. The first kappa shape index (κ1) is 25.5. The van der Waals surface area contributed by atoms with Crippen molar-refractivity contribution in [2.45, 2.75) is 39.7 Å². The second-order valence-electron chi connectivity index (χ2n) is 8.23. The van der Waals surface area contributed by atoms with E-state index in [1.807, 2.05) is 19.1 Å². The highest BCUT2D eigenvalue weighted by atomic mass is 16.5. The number of nitrogens with one attached hydrogen (secondary N) is 1. The van der Waals surface area contributed by atoms with Crippen molar-refractivity contribution >= 4 is 24.0 Å². The number of amides is 3. The molecule has 2 aromatic carbocycles. The van der Waals surface area contributed by atoms with Crippen molar-refractivity contribution in [1.29, 1.82) is 0 Å². The Morgan fingerprint density at radius 2 is 1.70 bits per heavy atom. The van der Waals surface area contributed by atoms with Gasteiger partial charge in [-0.2, -0.15) is 0 Å². The lowest BCUT2D eigenvalue weighted by Gasteiger charge is -2.19. The number of imide groups is 1. The molecule has 8 heteroatoms. The van der Waals surface area contributed by atoms with Crippen LogP contribution in [-0.2, 0) is 26.3 Å². The van der Waals surface area contributed by atoms with Crippen LogP contribution < -0.4 is 20.5 Å². The number of rotatable bonds is 9. The molecule has 0 bridgehead atoms. The molecule has 3 amide bonds. The second-order valence-corrected chi connectivity index (χ2v) is 8.23. The van der Waals surface area contributed by atoms with Crippen molar-refractivity contribution in [3.05, 3.63) is 65.2 Å². The van der Waals surface area contributed by atoms with E-state index in [9.17, 15) is 14.4 Å². The van der Waals surface area contributed by atoms with E-state index in [-0.39, 0.29) is 5.41 Å². The molecule has 0 saturated heterocycles. The molecule has 0 radical (unpaired) electrons. The molecule has 2 aromatic rings. The molecule has 8 nitrogen and oxygen atoms in total. The molecule has 0 spiro atoms. The van der Waals surface area contributed by atoms with Gasteiger partial charge in [0.25, 0.3) is 5.91 Å². The van der Waals surface area contributed by atoms with Gasteiger partial charge in [0.2, 0.25) is 0 Å². The van der Waals surface area contributed by atoms with Crippen LogP contribution in [0.5, 0.6) is 11.5 Å². The third kappa shape index (κ3) is 8.68. The number of urea groups is 1. The third-order valence-electron chi connectivity index (χ3n) is 4.50. The highest BCUT2D eigenvalue weighted by Crippen LogP contribution is 2.30. The van der Waals surface area contributed by atoms with Crippen molar-refractivity contribution in [3.63, 3.8) is 0 Å². The van der Waals surface area contributed by atoms with E-state index in [4.69, 9.17) is 19.9 Å². The normalized spacial score (nSPS) is 11.2. The van der Waals surface area contributed by atoms with Crippen molar-refractivity contribution < 1.29 is 28.6 Å². The molecule has 0 saturated carbocycles. The zero-order valence-corrected chi connectivity index (χ0v) is 19.3. The van der Waals surface area contributed by atoms with Gasteiger partial charge >= 0.3 is 12.0 Å². The molecule has 3 N–H and O–H groups in total. The van der Waals surface area contributed by atoms with Gasteiger partial charge in [-0.3, -0.25) is 10.1 Å². The predicted octanol–water partition coefficient (Wildman–Crippen LogP) is 3.71. The number of hydrogen-bond donors (Lipinski definition) is 2. The van der Waals surface area contributed by atoms with Crippen molar-refractivity contribution in [3.8, 4) is 11.5 Å². The van der Waals surface area contributed by atoms with Gasteiger partial charge in [0.05, 0.1) is 6.61 Å². The number of benzene rings is 2. The molecule has 176 valence electrons. The van der Waals surface area contributed by atoms with E-state index < -0.39 is 24.5 Å². The Bertz CT molecular complexity index is 1010. The van der Waals surface area contributed by atoms with Gasteiger partial charge in [0.1, 0.15) is 6.61 Å². The van der Waals surface area contributed by atoms with E-state index in [1.165, 1.54) is 17.7 Å². The fraction of sp³-hybridized carbons (Fsp3) is 0.320. The summed E-state index contributed by atoms with van der Waals surface area (Å²) in [7, 11) is 0. The summed E-state index contributed by atoms with van der Waals surface area (Å²) in [6.45, 7) is 8.60. The van der Waals surface area contributed by atoms with Gasteiger partial charge in [0, 0.05) is 6.08 Å². The van der Waals surface area contributed by atoms with Crippen LogP contribution in [0.15, 0.2) is 48.5 Å². The first-order chi connectivity index (χ1) is 15.6. The van der Waals surface area contributed by atoms with Crippen LogP contribution in [0.4, 0.5) is 4.79 Å². The van der Waals surface area contributed by atoms with E-state index >= 15 is 0 Å². The molecule has 0 aliphatic carbocycles. The van der Waals surface area contributed by atoms with Crippen LogP contribution in [0.1, 0.15) is 44.4 Å². The van der Waals surface area contributed by atoms with Crippen LogP contribution in [-0.4, -0.2) is 31.1 Å². The van der Waals surface area contributed by atoms with E-state index in [0.717, 1.165) is 5.56 Å². The summed E-state index contributed by atoms with van der Waals surface area (Å²) in [6, 6.07) is 12.6. The van der Waals surface area contributed by atoms with E-state index in [0.29, 0.717) is 30.3 Å². The predicted molar refractivity (Wildman–Crippen MR) is 125 cm³/mol. The van der Waals surface area contributed by atoms with Crippen LogP contribution in [0.25, 0.3) is 6.08 Å². The first-order valence-electron chi connectivity index (χ1n) is 10.5. The second kappa shape index (κ2) is 11.7. The molecule has 0 aliphatic rings. The summed E-state index contributed by atoms with van der Waals surface area (Å²) in [5.41, 5.74) is 7.88. The number of carbonyl (C=O) groups excluding carboxylic acids is 3. The third-order valence-corrected chi connectivity index (χ3v) is 4.50. The summed E-state index contributed by atoms with van der Waals surface area (Å²) >= 11 is 0. The Hall–Kier alpha value is -3.81. The van der Waals surface area contributed by atoms with Crippen LogP contribution >= 0.6 is 0 Å². The zero-order valence-electron chi connectivity index (χ0n) is 19.3. The highest BCUT2D eigenvalue weighted by Gasteiger charge is 2.13. The maximum atomic E-state index is 11.8. The topological polar surface area (TPSA) is 117 Å². The minimum absolute atomic E-state index is 0.0905. The minimum Gasteiger partial charge on any atom is -0.490 e. The van der Waals surface area contributed by atoms with Crippen LogP contribution in [0.2, 0.25) is 0 Å². The van der Waals surface area contributed by atoms with Gasteiger partial charge < -0.3 is 19.9 Å².